The maximum atomic E-state index is 12.7. The van der Waals surface area contributed by atoms with Crippen molar-refractivity contribution >= 4 is 128 Å². The summed E-state index contributed by atoms with van der Waals surface area (Å²) in [4.78, 5) is -3.09. The molecule has 75 heavy (non-hydrogen) atoms. The van der Waals surface area contributed by atoms with Gasteiger partial charge in [-0.2, -0.15) is 67.3 Å². The van der Waals surface area contributed by atoms with Crippen molar-refractivity contribution in [3.05, 3.63) is 120 Å². The largest absolute Gasteiger partial charge is 0.506 e. The van der Waals surface area contributed by atoms with Crippen LogP contribution in [-0.2, 0) is 50.6 Å². The lowest BCUT2D eigenvalue weighted by Crippen LogP contribution is -2.04. The molecular formula is C44H31N9O17S5. The molecule has 0 unspecified atom stereocenters. The van der Waals surface area contributed by atoms with Gasteiger partial charge in [-0.1, -0.05) is 12.1 Å². The number of hydrogen-bond donors (Lipinski definition) is 7. The monoisotopic (exact) mass is 1120 g/mol. The van der Waals surface area contributed by atoms with Gasteiger partial charge in [-0.15, -0.1) is 20.4 Å². The first-order valence-corrected chi connectivity index (χ1v) is 27.9. The summed E-state index contributed by atoms with van der Waals surface area (Å²) < 4.78 is 170. The van der Waals surface area contributed by atoms with Gasteiger partial charge >= 0.3 is 0 Å². The quantitative estimate of drug-likeness (QED) is 0.0442. The van der Waals surface area contributed by atoms with Crippen molar-refractivity contribution in [3.8, 4) is 17.2 Å². The molecule has 0 aliphatic rings. The minimum absolute atomic E-state index is 0.00362. The van der Waals surface area contributed by atoms with E-state index in [0.29, 0.717) is 34.6 Å². The molecule has 0 aliphatic carbocycles. The van der Waals surface area contributed by atoms with Crippen molar-refractivity contribution in [2.24, 2.45) is 30.7 Å². The molecule has 9 aromatic rings. The maximum absolute atomic E-state index is 12.7. The van der Waals surface area contributed by atoms with Gasteiger partial charge in [0.25, 0.3) is 50.6 Å². The molecule has 0 amide bonds. The van der Waals surface area contributed by atoms with Crippen LogP contribution >= 0.6 is 0 Å². The standard InChI is InChI=1S/C44H31N9O17S5/c1-21-11-25(4-9-34(21)47-46-26-3-6-30-23(13-26)15-28(71(56,57)58)18-39(30)73(62,63)64)45-48-36-20-38(54)37(12-22(36)2)49-50-43-41(75(68,69)70)16-24-14-27(5-7-31(24)44(43)55)53-51-35-10-8-32-33(42(35)52-53)17-29(72(59,60)61)19-40(32)74(65,66)67/h3-20,54-55H,1-2H3,(H,56,57,58)(H,59,60,61)(H,62,63,64)(H,65,66,67)(H,68,69,70). The third-order valence-corrected chi connectivity index (χ3v) is 15.6. The van der Waals surface area contributed by atoms with Gasteiger partial charge in [0.05, 0.1) is 38.2 Å². The van der Waals surface area contributed by atoms with Crippen molar-refractivity contribution < 1.29 is 75.1 Å². The van der Waals surface area contributed by atoms with Crippen molar-refractivity contribution in [1.29, 1.82) is 0 Å². The summed E-state index contributed by atoms with van der Waals surface area (Å²) in [5, 5.41) is 55.2. The summed E-state index contributed by atoms with van der Waals surface area (Å²) >= 11 is 0. The van der Waals surface area contributed by atoms with Gasteiger partial charge in [0, 0.05) is 27.6 Å². The molecule has 0 aliphatic heterocycles. The Bertz CT molecular complexity index is 4680. The highest BCUT2D eigenvalue weighted by atomic mass is 32.2. The molecule has 384 valence electrons. The zero-order chi connectivity index (χ0) is 54.3. The van der Waals surface area contributed by atoms with Crippen LogP contribution in [0, 0.1) is 13.8 Å². The number of rotatable bonds is 12. The molecule has 1 heterocycles. The predicted molar refractivity (Wildman–Crippen MR) is 265 cm³/mol. The van der Waals surface area contributed by atoms with Gasteiger partial charge in [0.1, 0.15) is 42.8 Å². The first-order chi connectivity index (χ1) is 34.9. The highest BCUT2D eigenvalue weighted by Crippen LogP contribution is 2.44. The van der Waals surface area contributed by atoms with Crippen LogP contribution in [0.5, 0.6) is 11.5 Å². The molecule has 9 rings (SSSR count). The van der Waals surface area contributed by atoms with E-state index >= 15 is 0 Å². The lowest BCUT2D eigenvalue weighted by Gasteiger charge is -2.10. The molecular weight excluding hydrogens is 1090 g/mol. The van der Waals surface area contributed by atoms with Crippen molar-refractivity contribution in [3.63, 3.8) is 0 Å². The summed E-state index contributed by atoms with van der Waals surface area (Å²) in [6.45, 7) is 3.27. The molecule has 0 radical (unpaired) electrons. The highest BCUT2D eigenvalue weighted by molar-refractivity contribution is 7.87. The smallest absolute Gasteiger partial charge is 0.296 e. The van der Waals surface area contributed by atoms with Gasteiger partial charge in [-0.25, -0.2) is 0 Å². The van der Waals surface area contributed by atoms with Crippen LogP contribution in [-0.4, -0.2) is 90.1 Å². The number of aryl methyl sites for hydroxylation is 2. The Hall–Kier alpha value is -8.11. The van der Waals surface area contributed by atoms with E-state index < -0.39 is 92.3 Å². The van der Waals surface area contributed by atoms with Crippen LogP contribution in [0.15, 0.2) is 164 Å². The third kappa shape index (κ3) is 10.4. The molecule has 0 fully saturated rings. The van der Waals surface area contributed by atoms with Gasteiger partial charge in [0.15, 0.2) is 5.75 Å². The second kappa shape index (κ2) is 18.4. The summed E-state index contributed by atoms with van der Waals surface area (Å²) in [6.07, 6.45) is 0. The minimum atomic E-state index is -5.15. The molecule has 1 aromatic heterocycles. The van der Waals surface area contributed by atoms with Crippen molar-refractivity contribution in [2.45, 2.75) is 38.3 Å². The first kappa shape index (κ1) is 51.8. The van der Waals surface area contributed by atoms with E-state index in [2.05, 4.69) is 40.9 Å². The van der Waals surface area contributed by atoms with Crippen molar-refractivity contribution in [2.75, 3.05) is 0 Å². The molecule has 0 bridgehead atoms. The second-order valence-corrected chi connectivity index (χ2v) is 23.3. The molecule has 0 spiro atoms. The summed E-state index contributed by atoms with van der Waals surface area (Å²) in [5.41, 5.74) is 1.18. The van der Waals surface area contributed by atoms with E-state index in [0.717, 1.165) is 23.0 Å². The zero-order valence-electron chi connectivity index (χ0n) is 37.7. The van der Waals surface area contributed by atoms with E-state index in [-0.39, 0.29) is 66.1 Å². The number of nitrogens with zero attached hydrogens (tertiary/aromatic N) is 9. The molecule has 0 atom stereocenters. The van der Waals surface area contributed by atoms with Crippen LogP contribution in [0.3, 0.4) is 0 Å². The topological polar surface area (TPSA) is 417 Å². The molecule has 7 N–H and O–H groups in total. The fraction of sp³-hybridized carbons (Fsp3) is 0.0455. The molecule has 26 nitrogen and oxygen atoms in total. The van der Waals surface area contributed by atoms with Crippen LogP contribution in [0.4, 0.5) is 34.1 Å². The number of phenolic OH excluding ortho intramolecular Hbond substituents is 2. The van der Waals surface area contributed by atoms with Crippen molar-refractivity contribution in [1.82, 2.24) is 15.0 Å². The number of aromatic hydroxyl groups is 2. The zero-order valence-corrected chi connectivity index (χ0v) is 41.8. The average molecular weight is 1120 g/mol. The molecule has 31 heteroatoms. The normalized spacial score (nSPS) is 13.2. The summed E-state index contributed by atoms with van der Waals surface area (Å²) in [6, 6.07) is 21.8. The van der Waals surface area contributed by atoms with Crippen LogP contribution < -0.4 is 0 Å². The Balaban J connectivity index is 0.969. The Kier molecular flexibility index (Phi) is 12.7. The Labute approximate surface area is 422 Å². The van der Waals surface area contributed by atoms with Crippen LogP contribution in [0.1, 0.15) is 11.1 Å². The first-order valence-electron chi connectivity index (χ1n) is 20.7. The predicted octanol–water partition coefficient (Wildman–Crippen LogP) is 9.39. The van der Waals surface area contributed by atoms with Gasteiger partial charge in [0.2, 0.25) is 0 Å². The van der Waals surface area contributed by atoms with Gasteiger partial charge < -0.3 is 10.2 Å². The Morgan fingerprint density at radius 3 is 1.61 bits per heavy atom. The van der Waals surface area contributed by atoms with Crippen LogP contribution in [0.25, 0.3) is 49.0 Å². The average Bonchev–Trinajstić information content (AvgIpc) is 3.77. The van der Waals surface area contributed by atoms with Crippen LogP contribution in [0.2, 0.25) is 0 Å². The fourth-order valence-corrected chi connectivity index (χ4v) is 11.1. The molecule has 0 saturated heterocycles. The van der Waals surface area contributed by atoms with Gasteiger partial charge in [-0.05, 0) is 127 Å². The van der Waals surface area contributed by atoms with E-state index in [1.165, 1.54) is 60.7 Å². The lowest BCUT2D eigenvalue weighted by atomic mass is 10.1. The molecule has 0 saturated carbocycles. The fourth-order valence-electron chi connectivity index (χ4n) is 7.71. The molecule has 8 aromatic carbocycles. The lowest BCUT2D eigenvalue weighted by molar-refractivity contribution is 0.471. The van der Waals surface area contributed by atoms with E-state index in [9.17, 15) is 75.1 Å². The van der Waals surface area contributed by atoms with E-state index in [4.69, 9.17) is 0 Å². The number of aromatic nitrogens is 3. The number of benzene rings is 8. The Morgan fingerprint density at radius 2 is 0.973 bits per heavy atom. The SMILES string of the molecule is Cc1cc(N=Nc2cc(O)c(N=Nc3c(S(=O)(=O)O)cc4cc(-n5nc6ccc7c(S(=O)(=O)O)cc(S(=O)(=O)O)cc7c6n5)ccc4c3O)cc2C)ccc1N=Nc1ccc2c(S(=O)(=O)O)cc(S(=O)(=O)O)cc2c1. The second-order valence-electron chi connectivity index (χ2n) is 16.3. The summed E-state index contributed by atoms with van der Waals surface area (Å²) in [7, 11) is -24.9. The number of azo groups is 3. The Morgan fingerprint density at radius 1 is 0.427 bits per heavy atom. The minimum Gasteiger partial charge on any atom is -0.506 e. The number of fused-ring (bicyclic) bond motifs is 5. The van der Waals surface area contributed by atoms with E-state index in [1.54, 1.807) is 32.0 Å². The third-order valence-electron chi connectivity index (χ3n) is 11.3. The van der Waals surface area contributed by atoms with E-state index in [1.807, 2.05) is 0 Å². The number of phenols is 2. The number of hydrogen-bond acceptors (Lipinski definition) is 20. The van der Waals surface area contributed by atoms with Gasteiger partial charge in [-0.3, -0.25) is 22.8 Å². The highest BCUT2D eigenvalue weighted by Gasteiger charge is 2.26. The maximum Gasteiger partial charge on any atom is 0.296 e. The summed E-state index contributed by atoms with van der Waals surface area (Å²) in [5.74, 6) is -1.27.